The van der Waals surface area contributed by atoms with Gasteiger partial charge in [-0.05, 0) is 56.5 Å². The highest BCUT2D eigenvalue weighted by molar-refractivity contribution is 7.16. The number of nitrogens with zero attached hydrogens (tertiary/aromatic N) is 1. The summed E-state index contributed by atoms with van der Waals surface area (Å²) >= 11 is 1.41. The molecule has 0 aliphatic heterocycles. The van der Waals surface area contributed by atoms with Crippen LogP contribution in [0.4, 0.5) is 16.5 Å². The van der Waals surface area contributed by atoms with Crippen molar-refractivity contribution >= 4 is 45.6 Å². The minimum Gasteiger partial charge on any atom is -0.495 e. The first-order valence-corrected chi connectivity index (χ1v) is 11.8. The van der Waals surface area contributed by atoms with Gasteiger partial charge in [0.25, 0.3) is 5.91 Å². The van der Waals surface area contributed by atoms with Crippen LogP contribution in [0.3, 0.4) is 0 Å². The van der Waals surface area contributed by atoms with Crippen LogP contribution < -0.4 is 20.7 Å². The molecule has 0 saturated heterocycles. The van der Waals surface area contributed by atoms with Crippen molar-refractivity contribution < 1.29 is 19.1 Å². The van der Waals surface area contributed by atoms with Crippen LogP contribution in [0.1, 0.15) is 52.2 Å². The Kier molecular flexibility index (Phi) is 6.93. The van der Waals surface area contributed by atoms with Gasteiger partial charge in [0.05, 0.1) is 24.4 Å². The molecule has 0 fully saturated rings. The van der Waals surface area contributed by atoms with Gasteiger partial charge >= 0.3 is 0 Å². The van der Waals surface area contributed by atoms with E-state index in [0.717, 1.165) is 23.3 Å². The molecular weight excluding hydrogens is 452 g/mol. The summed E-state index contributed by atoms with van der Waals surface area (Å²) in [5.41, 5.74) is 3.36. The van der Waals surface area contributed by atoms with E-state index >= 15 is 0 Å². The van der Waals surface area contributed by atoms with Crippen LogP contribution in [0.2, 0.25) is 0 Å². The molecule has 0 saturated carbocycles. The third-order valence-corrected chi connectivity index (χ3v) is 6.63. The number of fused-ring (bicyclic) bond motifs is 1. The molecule has 1 atom stereocenters. The summed E-state index contributed by atoms with van der Waals surface area (Å²) in [6, 6.07) is 12.4. The topological polar surface area (TPSA) is 109 Å². The van der Waals surface area contributed by atoms with Crippen molar-refractivity contribution in [1.29, 1.82) is 0 Å². The van der Waals surface area contributed by atoms with Crippen molar-refractivity contribution in [3.05, 3.63) is 64.2 Å². The predicted molar refractivity (Wildman–Crippen MR) is 133 cm³/mol. The SMILES string of the molecule is COc1ccc(NC(C)=O)cc1NC(=O)C1CCCc2sc(NC(=O)c3ccc(C)cc3)nc21. The average Bonchev–Trinajstić information content (AvgIpc) is 3.21. The number of hydrogen-bond donors (Lipinski definition) is 3. The minimum absolute atomic E-state index is 0.206. The van der Waals surface area contributed by atoms with Crippen molar-refractivity contribution in [2.24, 2.45) is 0 Å². The van der Waals surface area contributed by atoms with Gasteiger partial charge in [0.2, 0.25) is 11.8 Å². The van der Waals surface area contributed by atoms with E-state index in [9.17, 15) is 14.4 Å². The van der Waals surface area contributed by atoms with Crippen LogP contribution in [-0.4, -0.2) is 29.8 Å². The number of hydrogen-bond acceptors (Lipinski definition) is 6. The van der Waals surface area contributed by atoms with Crippen molar-refractivity contribution in [2.45, 2.75) is 39.0 Å². The van der Waals surface area contributed by atoms with E-state index in [1.165, 1.54) is 25.4 Å². The van der Waals surface area contributed by atoms with Crippen molar-refractivity contribution in [1.82, 2.24) is 4.98 Å². The van der Waals surface area contributed by atoms with Gasteiger partial charge < -0.3 is 15.4 Å². The number of aromatic nitrogens is 1. The van der Waals surface area contributed by atoms with Crippen LogP contribution in [0.5, 0.6) is 5.75 Å². The minimum atomic E-state index is -0.445. The van der Waals surface area contributed by atoms with Crippen LogP contribution in [0.15, 0.2) is 42.5 Å². The maximum absolute atomic E-state index is 13.2. The van der Waals surface area contributed by atoms with E-state index in [1.54, 1.807) is 30.3 Å². The summed E-state index contributed by atoms with van der Waals surface area (Å²) in [4.78, 5) is 42.9. The van der Waals surface area contributed by atoms with E-state index in [2.05, 4.69) is 20.9 Å². The van der Waals surface area contributed by atoms with Crippen LogP contribution in [0.25, 0.3) is 0 Å². The normalized spacial score (nSPS) is 14.6. The number of carbonyl (C=O) groups excluding carboxylic acids is 3. The zero-order valence-corrected chi connectivity index (χ0v) is 20.0. The fourth-order valence-electron chi connectivity index (χ4n) is 3.91. The van der Waals surface area contributed by atoms with Gasteiger partial charge in [-0.3, -0.25) is 19.7 Å². The number of benzene rings is 2. The van der Waals surface area contributed by atoms with Crippen molar-refractivity contribution in [3.8, 4) is 5.75 Å². The zero-order valence-electron chi connectivity index (χ0n) is 19.2. The molecule has 9 heteroatoms. The van der Waals surface area contributed by atoms with Crippen molar-refractivity contribution in [2.75, 3.05) is 23.1 Å². The Labute approximate surface area is 201 Å². The summed E-state index contributed by atoms with van der Waals surface area (Å²) in [6.07, 6.45) is 2.32. The van der Waals surface area contributed by atoms with Crippen molar-refractivity contribution in [3.63, 3.8) is 0 Å². The summed E-state index contributed by atoms with van der Waals surface area (Å²) in [7, 11) is 1.52. The molecule has 34 heavy (non-hydrogen) atoms. The van der Waals surface area contributed by atoms with Crippen LogP contribution >= 0.6 is 11.3 Å². The number of nitrogens with one attached hydrogen (secondary N) is 3. The Morgan fingerprint density at radius 1 is 1.06 bits per heavy atom. The first-order valence-electron chi connectivity index (χ1n) is 11.0. The summed E-state index contributed by atoms with van der Waals surface area (Å²) in [6.45, 7) is 3.39. The Bertz CT molecular complexity index is 1240. The van der Waals surface area contributed by atoms with Gasteiger partial charge in [-0.2, -0.15) is 0 Å². The van der Waals surface area contributed by atoms with E-state index in [-0.39, 0.29) is 17.7 Å². The highest BCUT2D eigenvalue weighted by Crippen LogP contribution is 2.38. The van der Waals surface area contributed by atoms with Gasteiger partial charge in [-0.1, -0.05) is 17.7 Å². The largest absolute Gasteiger partial charge is 0.495 e. The molecule has 1 heterocycles. The lowest BCUT2D eigenvalue weighted by Crippen LogP contribution is -2.25. The second-order valence-corrected chi connectivity index (χ2v) is 9.26. The Morgan fingerprint density at radius 3 is 2.53 bits per heavy atom. The van der Waals surface area contributed by atoms with Gasteiger partial charge in [0.15, 0.2) is 5.13 Å². The number of methoxy groups -OCH3 is 1. The quantitative estimate of drug-likeness (QED) is 0.475. The molecule has 3 amide bonds. The fourth-order valence-corrected chi connectivity index (χ4v) is 4.97. The number of carbonyl (C=O) groups is 3. The smallest absolute Gasteiger partial charge is 0.257 e. The molecule has 176 valence electrons. The summed E-state index contributed by atoms with van der Waals surface area (Å²) in [5, 5.41) is 8.99. The summed E-state index contributed by atoms with van der Waals surface area (Å²) in [5.74, 6) is -0.600. The molecule has 1 unspecified atom stereocenters. The number of amides is 3. The maximum Gasteiger partial charge on any atom is 0.257 e. The number of thiazole rings is 1. The molecule has 0 radical (unpaired) electrons. The number of aryl methyl sites for hydroxylation is 2. The Hall–Kier alpha value is -3.72. The predicted octanol–water partition coefficient (Wildman–Crippen LogP) is 4.73. The second-order valence-electron chi connectivity index (χ2n) is 8.18. The Balaban J connectivity index is 1.52. The van der Waals surface area contributed by atoms with Gasteiger partial charge in [0.1, 0.15) is 5.75 Å². The third kappa shape index (κ3) is 5.26. The molecule has 0 bridgehead atoms. The zero-order chi connectivity index (χ0) is 24.2. The molecule has 4 rings (SSSR count). The number of anilines is 3. The van der Waals surface area contributed by atoms with Crippen LogP contribution in [-0.2, 0) is 16.0 Å². The first-order chi connectivity index (χ1) is 16.3. The van der Waals surface area contributed by atoms with E-state index in [0.29, 0.717) is 39.9 Å². The van der Waals surface area contributed by atoms with Crippen LogP contribution in [0, 0.1) is 6.92 Å². The molecule has 3 aromatic rings. The van der Waals surface area contributed by atoms with Gasteiger partial charge in [-0.25, -0.2) is 4.98 Å². The standard InChI is InChI=1S/C25H26N4O4S/c1-14-7-9-16(10-8-14)23(31)29-25-28-22-18(5-4-6-21(22)34-25)24(32)27-19-13-17(26-15(2)30)11-12-20(19)33-3/h7-13,18H,4-6H2,1-3H3,(H,26,30)(H,27,32)(H,28,29,31). The molecule has 1 aliphatic carbocycles. The monoisotopic (exact) mass is 478 g/mol. The first kappa shape index (κ1) is 23.4. The highest BCUT2D eigenvalue weighted by atomic mass is 32.1. The molecule has 3 N–H and O–H groups in total. The van der Waals surface area contributed by atoms with E-state index in [4.69, 9.17) is 4.74 Å². The molecular formula is C25H26N4O4S. The maximum atomic E-state index is 13.2. The number of ether oxygens (including phenoxy) is 1. The lowest BCUT2D eigenvalue weighted by Gasteiger charge is -2.21. The third-order valence-electron chi connectivity index (χ3n) is 5.58. The molecule has 8 nitrogen and oxygen atoms in total. The second kappa shape index (κ2) is 10.0. The molecule has 1 aliphatic rings. The van der Waals surface area contributed by atoms with Gasteiger partial charge in [0, 0.05) is 23.1 Å². The lowest BCUT2D eigenvalue weighted by atomic mass is 9.90. The fraction of sp³-hybridized carbons (Fsp3) is 0.280. The average molecular weight is 479 g/mol. The van der Waals surface area contributed by atoms with E-state index in [1.807, 2.05) is 19.1 Å². The van der Waals surface area contributed by atoms with E-state index < -0.39 is 5.92 Å². The highest BCUT2D eigenvalue weighted by Gasteiger charge is 2.31. The Morgan fingerprint density at radius 2 is 1.82 bits per heavy atom. The lowest BCUT2D eigenvalue weighted by molar-refractivity contribution is -0.118. The van der Waals surface area contributed by atoms with Gasteiger partial charge in [-0.15, -0.1) is 11.3 Å². The summed E-state index contributed by atoms with van der Waals surface area (Å²) < 4.78 is 5.37. The molecule has 1 aromatic heterocycles. The molecule has 0 spiro atoms. The number of rotatable bonds is 6. The molecule has 2 aromatic carbocycles.